The molecule has 0 aliphatic carbocycles. The topological polar surface area (TPSA) is 38.7 Å². The Kier molecular flexibility index (Phi) is 4.15. The molecule has 3 heteroatoms. The van der Waals surface area contributed by atoms with E-state index >= 15 is 0 Å². The summed E-state index contributed by atoms with van der Waals surface area (Å²) in [6.07, 6.45) is 1.10. The summed E-state index contributed by atoms with van der Waals surface area (Å²) in [5, 5.41) is 9.04. The van der Waals surface area contributed by atoms with Crippen molar-refractivity contribution in [3.8, 4) is 0 Å². The quantitative estimate of drug-likeness (QED) is 0.822. The summed E-state index contributed by atoms with van der Waals surface area (Å²) >= 11 is 0. The fraction of sp³-hybridized carbons (Fsp3) is 0.571. The summed E-state index contributed by atoms with van der Waals surface area (Å²) in [4.78, 5) is 0. The minimum Gasteiger partial charge on any atom is -0.392 e. The Bertz CT molecular complexity index is 353. The van der Waals surface area contributed by atoms with Gasteiger partial charge in [0.25, 0.3) is 0 Å². The maximum atomic E-state index is 9.04. The molecule has 17 heavy (non-hydrogen) atoms. The predicted octanol–water partition coefficient (Wildman–Crippen LogP) is 2.12. The third kappa shape index (κ3) is 3.06. The van der Waals surface area contributed by atoms with Gasteiger partial charge in [-0.15, -0.1) is 0 Å². The number of rotatable bonds is 6. The van der Waals surface area contributed by atoms with Crippen molar-refractivity contribution in [1.29, 1.82) is 0 Å². The van der Waals surface area contributed by atoms with E-state index in [-0.39, 0.29) is 12.0 Å². The molecule has 0 unspecified atom stereocenters. The second-order valence-electron chi connectivity index (χ2n) is 4.82. The van der Waals surface area contributed by atoms with Crippen LogP contribution >= 0.6 is 0 Å². The summed E-state index contributed by atoms with van der Waals surface area (Å²) in [6.45, 7) is 5.27. The monoisotopic (exact) mass is 236 g/mol. The summed E-state index contributed by atoms with van der Waals surface area (Å²) in [5.41, 5.74) is 2.29. The Labute approximate surface area is 102 Å². The molecule has 0 saturated carbocycles. The van der Waals surface area contributed by atoms with Crippen LogP contribution in [0.2, 0.25) is 0 Å². The number of hydrogen-bond acceptors (Lipinski definition) is 3. The van der Waals surface area contributed by atoms with E-state index in [1.807, 2.05) is 24.3 Å². The van der Waals surface area contributed by atoms with Crippen LogP contribution in [0.3, 0.4) is 0 Å². The summed E-state index contributed by atoms with van der Waals surface area (Å²) in [6, 6.07) is 7.87. The summed E-state index contributed by atoms with van der Waals surface area (Å²) in [7, 11) is 0. The Hall–Kier alpha value is -0.900. The highest BCUT2D eigenvalue weighted by molar-refractivity contribution is 5.22. The highest BCUT2D eigenvalue weighted by Crippen LogP contribution is 2.31. The normalized spacial score (nSPS) is 17.8. The molecule has 0 aromatic heterocycles. The van der Waals surface area contributed by atoms with Gasteiger partial charge in [0.15, 0.2) is 0 Å². The van der Waals surface area contributed by atoms with E-state index in [0.29, 0.717) is 6.61 Å². The molecule has 1 aliphatic rings. The van der Waals surface area contributed by atoms with Gasteiger partial charge < -0.3 is 14.6 Å². The molecule has 1 aliphatic heterocycles. The van der Waals surface area contributed by atoms with Crippen LogP contribution in [0.5, 0.6) is 0 Å². The van der Waals surface area contributed by atoms with Gasteiger partial charge in [-0.25, -0.2) is 0 Å². The lowest BCUT2D eigenvalue weighted by atomic mass is 9.84. The number of benzene rings is 1. The molecule has 94 valence electrons. The molecule has 3 nitrogen and oxygen atoms in total. The summed E-state index contributed by atoms with van der Waals surface area (Å²) < 4.78 is 11.0. The molecule has 1 N–H and O–H groups in total. The standard InChI is InChI=1S/C14H20O3/c1-2-14(10-17-11-14)9-16-8-13-5-3-4-12(6-13)7-15/h3-6,15H,2,7-11H2,1H3. The lowest BCUT2D eigenvalue weighted by Gasteiger charge is -2.40. The van der Waals surface area contributed by atoms with Gasteiger partial charge in [0.05, 0.1) is 33.0 Å². The van der Waals surface area contributed by atoms with Gasteiger partial charge in [-0.1, -0.05) is 31.2 Å². The average Bonchev–Trinajstić information content (AvgIpc) is 2.33. The molecule has 0 atom stereocenters. The second-order valence-corrected chi connectivity index (χ2v) is 4.82. The summed E-state index contributed by atoms with van der Waals surface area (Å²) in [5.74, 6) is 0. The van der Waals surface area contributed by atoms with Gasteiger partial charge in [0.1, 0.15) is 0 Å². The van der Waals surface area contributed by atoms with Crippen LogP contribution in [0.15, 0.2) is 24.3 Å². The first kappa shape index (κ1) is 12.6. The molecule has 1 aromatic carbocycles. The van der Waals surface area contributed by atoms with E-state index in [2.05, 4.69) is 6.92 Å². The molecular weight excluding hydrogens is 216 g/mol. The van der Waals surface area contributed by atoms with E-state index in [4.69, 9.17) is 14.6 Å². The molecule has 0 bridgehead atoms. The molecule has 2 rings (SSSR count). The SMILES string of the molecule is CCC1(COCc2cccc(CO)c2)COC1. The second kappa shape index (κ2) is 5.63. The van der Waals surface area contributed by atoms with Crippen LogP contribution in [0.1, 0.15) is 24.5 Å². The van der Waals surface area contributed by atoms with Crippen molar-refractivity contribution >= 4 is 0 Å². The molecule has 1 fully saturated rings. The zero-order chi connectivity index (χ0) is 12.1. The van der Waals surface area contributed by atoms with Crippen molar-refractivity contribution in [3.05, 3.63) is 35.4 Å². The van der Waals surface area contributed by atoms with Crippen molar-refractivity contribution < 1.29 is 14.6 Å². The van der Waals surface area contributed by atoms with Crippen LogP contribution in [0, 0.1) is 5.41 Å². The zero-order valence-electron chi connectivity index (χ0n) is 10.3. The first-order chi connectivity index (χ1) is 8.28. The molecule has 0 spiro atoms. The molecule has 0 amide bonds. The van der Waals surface area contributed by atoms with Gasteiger partial charge in [-0.2, -0.15) is 0 Å². The van der Waals surface area contributed by atoms with Gasteiger partial charge in [-0.3, -0.25) is 0 Å². The molecule has 0 radical (unpaired) electrons. The lowest BCUT2D eigenvalue weighted by molar-refractivity contribution is -0.152. The van der Waals surface area contributed by atoms with Gasteiger partial charge in [-0.05, 0) is 17.5 Å². The fourth-order valence-corrected chi connectivity index (χ4v) is 1.98. The van der Waals surface area contributed by atoms with E-state index in [1.54, 1.807) is 0 Å². The average molecular weight is 236 g/mol. The van der Waals surface area contributed by atoms with E-state index in [1.165, 1.54) is 0 Å². The molecule has 1 heterocycles. The van der Waals surface area contributed by atoms with Crippen molar-refractivity contribution in [3.63, 3.8) is 0 Å². The van der Waals surface area contributed by atoms with Crippen molar-refractivity contribution in [2.75, 3.05) is 19.8 Å². The third-order valence-corrected chi connectivity index (χ3v) is 3.42. The van der Waals surface area contributed by atoms with Crippen LogP contribution in [-0.4, -0.2) is 24.9 Å². The van der Waals surface area contributed by atoms with Crippen molar-refractivity contribution in [2.24, 2.45) is 5.41 Å². The fourth-order valence-electron chi connectivity index (χ4n) is 1.98. The molecular formula is C14H20O3. The van der Waals surface area contributed by atoms with Gasteiger partial charge in [0.2, 0.25) is 0 Å². The Balaban J connectivity index is 1.81. The van der Waals surface area contributed by atoms with Crippen LogP contribution in [0.25, 0.3) is 0 Å². The minimum atomic E-state index is 0.0839. The number of ether oxygens (including phenoxy) is 2. The van der Waals surface area contributed by atoms with Crippen LogP contribution in [-0.2, 0) is 22.7 Å². The number of aliphatic hydroxyl groups excluding tert-OH is 1. The minimum absolute atomic E-state index is 0.0839. The number of aliphatic hydroxyl groups is 1. The third-order valence-electron chi connectivity index (χ3n) is 3.42. The van der Waals surface area contributed by atoms with E-state index < -0.39 is 0 Å². The van der Waals surface area contributed by atoms with Gasteiger partial charge in [0, 0.05) is 5.41 Å². The van der Waals surface area contributed by atoms with Crippen molar-refractivity contribution in [1.82, 2.24) is 0 Å². The van der Waals surface area contributed by atoms with E-state index in [0.717, 1.165) is 37.4 Å². The molecule has 1 saturated heterocycles. The first-order valence-corrected chi connectivity index (χ1v) is 6.12. The maximum Gasteiger partial charge on any atom is 0.0717 e. The van der Waals surface area contributed by atoms with E-state index in [9.17, 15) is 0 Å². The Morgan fingerprint density at radius 2 is 2.12 bits per heavy atom. The Morgan fingerprint density at radius 3 is 2.71 bits per heavy atom. The predicted molar refractivity (Wildman–Crippen MR) is 65.6 cm³/mol. The molecule has 1 aromatic rings. The zero-order valence-corrected chi connectivity index (χ0v) is 10.3. The highest BCUT2D eigenvalue weighted by atomic mass is 16.5. The first-order valence-electron chi connectivity index (χ1n) is 6.12. The van der Waals surface area contributed by atoms with Gasteiger partial charge >= 0.3 is 0 Å². The Morgan fingerprint density at radius 1 is 1.35 bits per heavy atom. The maximum absolute atomic E-state index is 9.04. The number of hydrogen-bond donors (Lipinski definition) is 1. The largest absolute Gasteiger partial charge is 0.392 e. The van der Waals surface area contributed by atoms with Crippen LogP contribution in [0.4, 0.5) is 0 Å². The van der Waals surface area contributed by atoms with Crippen LogP contribution < -0.4 is 0 Å². The smallest absolute Gasteiger partial charge is 0.0717 e. The highest BCUT2D eigenvalue weighted by Gasteiger charge is 2.36. The van der Waals surface area contributed by atoms with Crippen molar-refractivity contribution in [2.45, 2.75) is 26.6 Å². The lowest BCUT2D eigenvalue weighted by Crippen LogP contribution is -2.45.